The van der Waals surface area contributed by atoms with Gasteiger partial charge < -0.3 is 4.57 Å². The lowest BCUT2D eigenvalue weighted by atomic mass is 9.98. The van der Waals surface area contributed by atoms with Gasteiger partial charge in [0.25, 0.3) is 0 Å². The van der Waals surface area contributed by atoms with E-state index in [9.17, 15) is 5.26 Å². The molecule has 0 saturated carbocycles. The van der Waals surface area contributed by atoms with Crippen LogP contribution in [-0.2, 0) is 0 Å². The third-order valence-electron chi connectivity index (χ3n) is 7.45. The highest BCUT2D eigenvalue weighted by atomic mass is 15.2. The van der Waals surface area contributed by atoms with Gasteiger partial charge in [0.15, 0.2) is 5.82 Å². The molecule has 0 aliphatic rings. The zero-order chi connectivity index (χ0) is 35.2. The fourth-order valence-electron chi connectivity index (χ4n) is 5.74. The van der Waals surface area contributed by atoms with Crippen molar-refractivity contribution >= 4 is 49.3 Å². The first-order valence-corrected chi connectivity index (χ1v) is 13.0. The van der Waals surface area contributed by atoms with Crippen LogP contribution >= 0.6 is 0 Å². The highest BCUT2D eigenvalue weighted by molar-refractivity contribution is 6.11. The Morgan fingerprint density at radius 3 is 1.74 bits per heavy atom. The number of nitriles is 1. The molecule has 194 valence electrons. The van der Waals surface area contributed by atoms with Crippen LogP contribution in [0.1, 0.15) is 16.5 Å². The molecule has 0 amide bonds. The lowest BCUT2D eigenvalue weighted by Gasteiger charge is -2.19. The van der Waals surface area contributed by atoms with Gasteiger partial charge in [-0.3, -0.25) is 4.57 Å². The van der Waals surface area contributed by atoms with Crippen molar-refractivity contribution in [1.82, 2.24) is 14.1 Å². The van der Waals surface area contributed by atoms with Gasteiger partial charge >= 0.3 is 0 Å². The molecule has 0 N–H and O–H groups in total. The first kappa shape index (κ1) is 16.8. The van der Waals surface area contributed by atoms with Crippen LogP contribution in [0.4, 0.5) is 5.69 Å². The summed E-state index contributed by atoms with van der Waals surface area (Å²) in [5, 5.41) is 12.4. The number of pyridine rings is 1. The molecule has 8 aromatic rings. The van der Waals surface area contributed by atoms with Crippen LogP contribution in [0.5, 0.6) is 0 Å². The minimum Gasteiger partial charge on any atom is -0.302 e. The summed E-state index contributed by atoms with van der Waals surface area (Å²) in [5.74, 6) is -0.0346. The predicted octanol–water partition coefficient (Wildman–Crippen LogP) is 9.37. The minimum atomic E-state index is -0.468. The first-order valence-electron chi connectivity index (χ1n) is 17.0. The Labute approximate surface area is 252 Å². The summed E-state index contributed by atoms with van der Waals surface area (Å²) in [5.41, 5.74) is 1.72. The van der Waals surface area contributed by atoms with Crippen LogP contribution in [0.25, 0.3) is 71.2 Å². The summed E-state index contributed by atoms with van der Waals surface area (Å²) in [6.45, 7) is 8.46. The van der Waals surface area contributed by atoms with Crippen LogP contribution in [0.2, 0.25) is 0 Å². The summed E-state index contributed by atoms with van der Waals surface area (Å²) < 4.78 is 72.7. The van der Waals surface area contributed by atoms with E-state index in [1.54, 1.807) is 78.9 Å². The Morgan fingerprint density at radius 1 is 0.643 bits per heavy atom. The van der Waals surface area contributed by atoms with Crippen molar-refractivity contribution in [3.63, 3.8) is 0 Å². The van der Waals surface area contributed by atoms with E-state index in [4.69, 9.17) is 22.5 Å². The maximum atomic E-state index is 10.9. The Morgan fingerprint density at radius 2 is 1.17 bits per heavy atom. The van der Waals surface area contributed by atoms with Crippen molar-refractivity contribution in [2.45, 2.75) is 0 Å². The van der Waals surface area contributed by atoms with Gasteiger partial charge in [-0.25, -0.2) is 9.83 Å². The average Bonchev–Trinajstić information content (AvgIpc) is 3.68. The molecule has 0 aliphatic carbocycles. The van der Waals surface area contributed by atoms with Gasteiger partial charge in [0.1, 0.15) is 11.9 Å². The van der Waals surface area contributed by atoms with Crippen molar-refractivity contribution < 1.29 is 11.0 Å². The van der Waals surface area contributed by atoms with Crippen molar-refractivity contribution in [2.75, 3.05) is 0 Å². The second kappa shape index (κ2) is 9.20. The molecule has 0 spiro atoms. The molecule has 0 fully saturated rings. The number of hydrogen-bond donors (Lipinski definition) is 0. The SMILES string of the molecule is [2H]c1c([2H])c([2H])c2c(c1[2H])c1ccccc1n2-c1nc(-n2c3ccccc3c3c([2H])c([2H])c([2H])c([2H])c32)c([N+]#[C-])c(-c2ccccc2)c1C#N. The van der Waals surface area contributed by atoms with Crippen LogP contribution < -0.4 is 0 Å². The number of nitrogens with zero attached hydrogens (tertiary/aromatic N) is 5. The van der Waals surface area contributed by atoms with Crippen molar-refractivity contribution in [1.29, 1.82) is 5.26 Å². The molecule has 3 aromatic heterocycles. The molecule has 0 aliphatic heterocycles. The Balaban J connectivity index is 1.68. The Bertz CT molecular complexity index is 2710. The summed E-state index contributed by atoms with van der Waals surface area (Å²) in [7, 11) is 0. The number of para-hydroxylation sites is 4. The van der Waals surface area contributed by atoms with E-state index >= 15 is 0 Å². The zero-order valence-electron chi connectivity index (χ0n) is 29.7. The second-order valence-corrected chi connectivity index (χ2v) is 9.60. The van der Waals surface area contributed by atoms with Crippen LogP contribution in [0, 0.1) is 17.9 Å². The van der Waals surface area contributed by atoms with Gasteiger partial charge in [0.2, 0.25) is 5.69 Å². The fourth-order valence-corrected chi connectivity index (χ4v) is 5.74. The quantitative estimate of drug-likeness (QED) is 0.208. The molecular weight excluding hydrogens is 514 g/mol. The van der Waals surface area contributed by atoms with Crippen molar-refractivity contribution in [3.05, 3.63) is 144 Å². The molecule has 3 heterocycles. The molecule has 0 unspecified atom stereocenters. The second-order valence-electron chi connectivity index (χ2n) is 9.60. The van der Waals surface area contributed by atoms with Crippen molar-refractivity contribution in [2.24, 2.45) is 0 Å². The summed E-state index contributed by atoms with van der Waals surface area (Å²) in [6, 6.07) is 22.0. The third-order valence-corrected chi connectivity index (χ3v) is 7.45. The van der Waals surface area contributed by atoms with Gasteiger partial charge in [-0.05, 0) is 29.8 Å². The molecule has 42 heavy (non-hydrogen) atoms. The normalized spacial score (nSPS) is 14.0. The van der Waals surface area contributed by atoms with E-state index in [0.29, 0.717) is 27.4 Å². The average molecular weight is 544 g/mol. The van der Waals surface area contributed by atoms with Crippen LogP contribution in [0.15, 0.2) is 127 Å². The topological polar surface area (TPSA) is 50.9 Å². The van der Waals surface area contributed by atoms with E-state index in [0.717, 1.165) is 0 Å². The maximum absolute atomic E-state index is 10.9. The lowest BCUT2D eigenvalue weighted by Crippen LogP contribution is -2.08. The summed E-state index contributed by atoms with van der Waals surface area (Å²) in [6.07, 6.45) is 0. The maximum Gasteiger partial charge on any atom is 0.238 e. The minimum absolute atomic E-state index is 0.0169. The van der Waals surface area contributed by atoms with E-state index in [-0.39, 0.29) is 74.4 Å². The van der Waals surface area contributed by atoms with Crippen molar-refractivity contribution in [3.8, 4) is 28.8 Å². The molecule has 0 atom stereocenters. The molecular formula is C37H21N5. The Kier molecular flexibility index (Phi) is 3.68. The standard InChI is InChI=1S/C37H21N5/c1-39-35-34(24-13-3-2-4-14-24)29(23-38)36(41-30-19-9-5-15-25(30)26-16-6-10-20-31(26)41)40-37(35)42-32-21-11-7-17-27(32)28-18-8-12-22-33(28)42/h2-22H/i5D,7D,9D,11D,15D,17D,19D,21D. The number of rotatable bonds is 3. The molecule has 0 radical (unpaired) electrons. The zero-order valence-corrected chi connectivity index (χ0v) is 21.7. The van der Waals surface area contributed by atoms with Gasteiger partial charge in [-0.1, -0.05) is 103 Å². The van der Waals surface area contributed by atoms with Crippen LogP contribution in [0.3, 0.4) is 0 Å². The van der Waals surface area contributed by atoms with Gasteiger partial charge in [0.05, 0.1) is 45.2 Å². The third kappa shape index (κ3) is 3.26. The number of fused-ring (bicyclic) bond motifs is 6. The van der Waals surface area contributed by atoms with Crippen LogP contribution in [-0.4, -0.2) is 14.1 Å². The molecule has 5 heteroatoms. The number of aromatic nitrogens is 3. The smallest absolute Gasteiger partial charge is 0.238 e. The monoisotopic (exact) mass is 543 g/mol. The molecule has 5 aromatic carbocycles. The van der Waals surface area contributed by atoms with E-state index in [2.05, 4.69) is 10.9 Å². The largest absolute Gasteiger partial charge is 0.302 e. The summed E-state index contributed by atoms with van der Waals surface area (Å²) in [4.78, 5) is 8.93. The highest BCUT2D eigenvalue weighted by Gasteiger charge is 2.27. The summed E-state index contributed by atoms with van der Waals surface area (Å²) >= 11 is 0. The van der Waals surface area contributed by atoms with Gasteiger partial charge in [-0.15, -0.1) is 0 Å². The first-order chi connectivity index (χ1) is 24.1. The molecule has 0 saturated heterocycles. The van der Waals surface area contributed by atoms with E-state index in [1.165, 1.54) is 9.13 Å². The molecule has 0 bridgehead atoms. The highest BCUT2D eigenvalue weighted by Crippen LogP contribution is 2.44. The van der Waals surface area contributed by atoms with E-state index in [1.807, 2.05) is 0 Å². The molecule has 8 rings (SSSR count). The van der Waals surface area contributed by atoms with Gasteiger partial charge in [0, 0.05) is 27.1 Å². The Hall–Kier alpha value is -6.17. The number of hydrogen-bond acceptors (Lipinski definition) is 2. The molecule has 5 nitrogen and oxygen atoms in total. The lowest BCUT2D eigenvalue weighted by molar-refractivity contribution is 1.01. The number of benzene rings is 5. The van der Waals surface area contributed by atoms with Gasteiger partial charge in [-0.2, -0.15) is 5.26 Å². The van der Waals surface area contributed by atoms with E-state index < -0.39 is 24.2 Å². The predicted molar refractivity (Wildman–Crippen MR) is 169 cm³/mol. The fraction of sp³-hybridized carbons (Fsp3) is 0.